The molecule has 4 heteroatoms. The van der Waals surface area contributed by atoms with Crippen LogP contribution < -0.4 is 4.90 Å². The molecule has 1 fully saturated rings. The largest absolute Gasteiger partial charge is 0.469 e. The number of ether oxygens (including phenoxy) is 1. The lowest BCUT2D eigenvalue weighted by molar-refractivity contribution is -0.148. The van der Waals surface area contributed by atoms with Gasteiger partial charge in [-0.05, 0) is 18.6 Å². The Labute approximate surface area is 100 Å². The van der Waals surface area contributed by atoms with Crippen LogP contribution in [-0.2, 0) is 14.3 Å². The summed E-state index contributed by atoms with van der Waals surface area (Å²) in [5.41, 5.74) is 0.890. The molecule has 0 aliphatic carbocycles. The Bertz CT molecular complexity index is 416. The highest BCUT2D eigenvalue weighted by Gasteiger charge is 2.31. The minimum Gasteiger partial charge on any atom is -0.469 e. The quantitative estimate of drug-likeness (QED) is 0.729. The number of methoxy groups -OCH3 is 1. The zero-order valence-electron chi connectivity index (χ0n) is 9.76. The summed E-state index contributed by atoms with van der Waals surface area (Å²) < 4.78 is 4.67. The molecule has 17 heavy (non-hydrogen) atoms. The fraction of sp³-hybridized carbons (Fsp3) is 0.385. The Morgan fingerprint density at radius 2 is 2.06 bits per heavy atom. The van der Waals surface area contributed by atoms with Gasteiger partial charge in [0.15, 0.2) is 0 Å². The summed E-state index contributed by atoms with van der Waals surface area (Å²) in [5, 5.41) is 0. The first kappa shape index (κ1) is 11.6. The van der Waals surface area contributed by atoms with Gasteiger partial charge in [0, 0.05) is 18.7 Å². The van der Waals surface area contributed by atoms with Crippen LogP contribution >= 0.6 is 0 Å². The lowest BCUT2D eigenvalue weighted by atomic mass is 9.96. The minimum atomic E-state index is -0.286. The Hall–Kier alpha value is -1.84. The van der Waals surface area contributed by atoms with Gasteiger partial charge in [-0.15, -0.1) is 0 Å². The van der Waals surface area contributed by atoms with Crippen molar-refractivity contribution in [3.8, 4) is 0 Å². The van der Waals surface area contributed by atoms with Crippen LogP contribution in [0.15, 0.2) is 30.3 Å². The maximum Gasteiger partial charge on any atom is 0.309 e. The molecule has 1 aliphatic heterocycles. The molecular weight excluding hydrogens is 218 g/mol. The van der Waals surface area contributed by atoms with Crippen LogP contribution in [0.5, 0.6) is 0 Å². The van der Waals surface area contributed by atoms with Crippen molar-refractivity contribution < 1.29 is 14.3 Å². The lowest BCUT2D eigenvalue weighted by Gasteiger charge is -2.30. The fourth-order valence-corrected chi connectivity index (χ4v) is 2.08. The topological polar surface area (TPSA) is 46.6 Å². The van der Waals surface area contributed by atoms with E-state index in [9.17, 15) is 9.59 Å². The van der Waals surface area contributed by atoms with Crippen molar-refractivity contribution in [1.29, 1.82) is 0 Å². The number of para-hydroxylation sites is 1. The van der Waals surface area contributed by atoms with Gasteiger partial charge in [0.1, 0.15) is 0 Å². The van der Waals surface area contributed by atoms with Crippen molar-refractivity contribution in [1.82, 2.24) is 0 Å². The summed E-state index contributed by atoms with van der Waals surface area (Å²) in [5.74, 6) is -0.587. The maximum absolute atomic E-state index is 11.9. The van der Waals surface area contributed by atoms with E-state index in [1.807, 2.05) is 30.3 Å². The summed E-state index contributed by atoms with van der Waals surface area (Å²) in [7, 11) is 1.36. The van der Waals surface area contributed by atoms with E-state index in [4.69, 9.17) is 0 Å². The third-order valence-electron chi connectivity index (χ3n) is 3.03. The number of amides is 1. The summed E-state index contributed by atoms with van der Waals surface area (Å²) in [6.45, 7) is 0.572. The SMILES string of the molecule is COC(=O)C1CCN(c2ccccc2)C(=O)C1. The minimum absolute atomic E-state index is 0.0159. The molecule has 0 radical (unpaired) electrons. The van der Waals surface area contributed by atoms with Gasteiger partial charge in [-0.2, -0.15) is 0 Å². The predicted octanol–water partition coefficient (Wildman–Crippen LogP) is 1.60. The van der Waals surface area contributed by atoms with E-state index in [1.165, 1.54) is 7.11 Å². The van der Waals surface area contributed by atoms with Crippen LogP contribution in [0, 0.1) is 5.92 Å². The molecule has 1 amide bonds. The van der Waals surface area contributed by atoms with Gasteiger partial charge in [0.25, 0.3) is 0 Å². The van der Waals surface area contributed by atoms with Gasteiger partial charge >= 0.3 is 5.97 Å². The fourth-order valence-electron chi connectivity index (χ4n) is 2.08. The summed E-state index contributed by atoms with van der Waals surface area (Å²) >= 11 is 0. The molecule has 0 bridgehead atoms. The Morgan fingerprint density at radius 1 is 1.35 bits per heavy atom. The normalized spacial score (nSPS) is 20.2. The highest BCUT2D eigenvalue weighted by Crippen LogP contribution is 2.24. The molecule has 0 spiro atoms. The Kier molecular flexibility index (Phi) is 3.42. The van der Waals surface area contributed by atoms with Crippen LogP contribution in [0.3, 0.4) is 0 Å². The van der Waals surface area contributed by atoms with Crippen molar-refractivity contribution in [3.63, 3.8) is 0 Å². The average Bonchev–Trinajstić information content (AvgIpc) is 2.38. The summed E-state index contributed by atoms with van der Waals surface area (Å²) in [6, 6.07) is 9.51. The average molecular weight is 233 g/mol. The van der Waals surface area contributed by atoms with Gasteiger partial charge in [0.05, 0.1) is 13.0 Å². The first-order chi connectivity index (χ1) is 8.22. The van der Waals surface area contributed by atoms with Gasteiger partial charge in [0.2, 0.25) is 5.91 Å². The third-order valence-corrected chi connectivity index (χ3v) is 3.03. The van der Waals surface area contributed by atoms with E-state index >= 15 is 0 Å². The molecule has 1 atom stereocenters. The standard InChI is InChI=1S/C13H15NO3/c1-17-13(16)10-7-8-14(12(15)9-10)11-5-3-2-4-6-11/h2-6,10H,7-9H2,1H3. The first-order valence-corrected chi connectivity index (χ1v) is 5.65. The number of carbonyl (C=O) groups excluding carboxylic acids is 2. The van der Waals surface area contributed by atoms with Gasteiger partial charge in [-0.3, -0.25) is 9.59 Å². The molecule has 0 N–H and O–H groups in total. The first-order valence-electron chi connectivity index (χ1n) is 5.65. The molecule has 2 rings (SSSR count). The van der Waals surface area contributed by atoms with E-state index in [-0.39, 0.29) is 24.2 Å². The van der Waals surface area contributed by atoms with Crippen LogP contribution in [0.2, 0.25) is 0 Å². The number of hydrogen-bond donors (Lipinski definition) is 0. The van der Waals surface area contributed by atoms with Crippen LogP contribution in [0.25, 0.3) is 0 Å². The molecule has 90 valence electrons. The number of rotatable bonds is 2. The molecule has 1 aliphatic rings. The van der Waals surface area contributed by atoms with Crippen molar-refractivity contribution in [2.75, 3.05) is 18.6 Å². The second kappa shape index (κ2) is 4.99. The number of benzene rings is 1. The number of nitrogens with zero attached hydrogens (tertiary/aromatic N) is 1. The van der Waals surface area contributed by atoms with Crippen LogP contribution in [-0.4, -0.2) is 25.5 Å². The molecule has 1 aromatic rings. The maximum atomic E-state index is 11.9. The third kappa shape index (κ3) is 2.46. The number of anilines is 1. The molecular formula is C13H15NO3. The van der Waals surface area contributed by atoms with Crippen LogP contribution in [0.4, 0.5) is 5.69 Å². The number of piperidine rings is 1. The molecule has 1 heterocycles. The monoisotopic (exact) mass is 233 g/mol. The molecule has 1 saturated heterocycles. The Balaban J connectivity index is 2.07. The second-order valence-corrected chi connectivity index (χ2v) is 4.09. The van der Waals surface area contributed by atoms with E-state index in [1.54, 1.807) is 4.90 Å². The number of carbonyl (C=O) groups is 2. The molecule has 0 aromatic heterocycles. The summed E-state index contributed by atoms with van der Waals surface area (Å²) in [4.78, 5) is 25.0. The van der Waals surface area contributed by atoms with E-state index in [0.717, 1.165) is 5.69 Å². The highest BCUT2D eigenvalue weighted by molar-refractivity contribution is 5.96. The zero-order valence-corrected chi connectivity index (χ0v) is 9.76. The smallest absolute Gasteiger partial charge is 0.309 e. The molecule has 0 saturated carbocycles. The molecule has 1 unspecified atom stereocenters. The van der Waals surface area contributed by atoms with Crippen molar-refractivity contribution in [2.45, 2.75) is 12.8 Å². The highest BCUT2D eigenvalue weighted by atomic mass is 16.5. The van der Waals surface area contributed by atoms with Gasteiger partial charge in [-0.1, -0.05) is 18.2 Å². The van der Waals surface area contributed by atoms with E-state index in [2.05, 4.69) is 4.74 Å². The lowest BCUT2D eigenvalue weighted by Crippen LogP contribution is -2.41. The second-order valence-electron chi connectivity index (χ2n) is 4.09. The zero-order chi connectivity index (χ0) is 12.3. The van der Waals surface area contributed by atoms with Crippen molar-refractivity contribution >= 4 is 17.6 Å². The molecule has 4 nitrogen and oxygen atoms in total. The van der Waals surface area contributed by atoms with Gasteiger partial charge in [-0.25, -0.2) is 0 Å². The van der Waals surface area contributed by atoms with Crippen molar-refractivity contribution in [2.24, 2.45) is 5.92 Å². The molecule has 1 aromatic carbocycles. The van der Waals surface area contributed by atoms with E-state index in [0.29, 0.717) is 13.0 Å². The van der Waals surface area contributed by atoms with Crippen molar-refractivity contribution in [3.05, 3.63) is 30.3 Å². The van der Waals surface area contributed by atoms with Gasteiger partial charge < -0.3 is 9.64 Å². The number of hydrogen-bond acceptors (Lipinski definition) is 3. The van der Waals surface area contributed by atoms with E-state index < -0.39 is 0 Å². The number of esters is 1. The van der Waals surface area contributed by atoms with Crippen LogP contribution in [0.1, 0.15) is 12.8 Å². The Morgan fingerprint density at radius 3 is 2.65 bits per heavy atom. The summed E-state index contributed by atoms with van der Waals surface area (Å²) in [6.07, 6.45) is 0.898. The predicted molar refractivity (Wildman–Crippen MR) is 63.5 cm³/mol.